The average Bonchev–Trinajstić information content (AvgIpc) is 2.41. The van der Waals surface area contributed by atoms with Gasteiger partial charge in [-0.3, -0.25) is 0 Å². The molecule has 0 radical (unpaired) electrons. The number of anilines is 1. The summed E-state index contributed by atoms with van der Waals surface area (Å²) in [7, 11) is 3.28. The van der Waals surface area contributed by atoms with Gasteiger partial charge in [-0.2, -0.15) is 0 Å². The van der Waals surface area contributed by atoms with E-state index in [-0.39, 0.29) is 12.1 Å². The number of rotatable bonds is 4. The fourth-order valence-corrected chi connectivity index (χ4v) is 2.41. The molecule has 18 heavy (non-hydrogen) atoms. The van der Waals surface area contributed by atoms with E-state index in [9.17, 15) is 5.11 Å². The van der Waals surface area contributed by atoms with Gasteiger partial charge in [-0.25, -0.2) is 0 Å². The van der Waals surface area contributed by atoms with Gasteiger partial charge in [-0.1, -0.05) is 12.8 Å². The molecule has 2 atom stereocenters. The van der Waals surface area contributed by atoms with Gasteiger partial charge in [0, 0.05) is 6.07 Å². The lowest BCUT2D eigenvalue weighted by Crippen LogP contribution is -2.36. The predicted molar refractivity (Wildman–Crippen MR) is 71.4 cm³/mol. The molecular weight excluding hydrogens is 230 g/mol. The van der Waals surface area contributed by atoms with Crippen molar-refractivity contribution in [1.29, 1.82) is 0 Å². The first kappa shape index (κ1) is 13.0. The molecule has 1 aromatic carbocycles. The van der Waals surface area contributed by atoms with Crippen molar-refractivity contribution < 1.29 is 14.6 Å². The van der Waals surface area contributed by atoms with Crippen molar-refractivity contribution in [3.63, 3.8) is 0 Å². The van der Waals surface area contributed by atoms with Gasteiger partial charge in [0.2, 0.25) is 0 Å². The van der Waals surface area contributed by atoms with Gasteiger partial charge in [0.1, 0.15) is 11.5 Å². The molecule has 1 saturated carbocycles. The summed E-state index contributed by atoms with van der Waals surface area (Å²) >= 11 is 0. The van der Waals surface area contributed by atoms with Gasteiger partial charge < -0.3 is 19.9 Å². The maximum absolute atomic E-state index is 9.99. The van der Waals surface area contributed by atoms with E-state index in [0.29, 0.717) is 0 Å². The lowest BCUT2D eigenvalue weighted by molar-refractivity contribution is 0.116. The van der Waals surface area contributed by atoms with Crippen LogP contribution in [0.3, 0.4) is 0 Å². The van der Waals surface area contributed by atoms with E-state index in [1.54, 1.807) is 14.2 Å². The van der Waals surface area contributed by atoms with Gasteiger partial charge in [-0.15, -0.1) is 0 Å². The fraction of sp³-hybridized carbons (Fsp3) is 0.571. The number of hydrogen-bond donors (Lipinski definition) is 2. The summed E-state index contributed by atoms with van der Waals surface area (Å²) in [5, 5.41) is 13.4. The van der Waals surface area contributed by atoms with Crippen LogP contribution in [-0.4, -0.2) is 31.5 Å². The molecule has 1 aromatic rings. The van der Waals surface area contributed by atoms with Crippen LogP contribution in [0, 0.1) is 0 Å². The third-order valence-corrected chi connectivity index (χ3v) is 3.48. The van der Waals surface area contributed by atoms with Crippen LogP contribution in [0.5, 0.6) is 11.5 Å². The van der Waals surface area contributed by atoms with Crippen LogP contribution in [0.1, 0.15) is 25.7 Å². The van der Waals surface area contributed by atoms with Crippen molar-refractivity contribution in [2.75, 3.05) is 19.5 Å². The zero-order valence-corrected chi connectivity index (χ0v) is 11.0. The van der Waals surface area contributed by atoms with E-state index >= 15 is 0 Å². The number of aliphatic hydroxyl groups excluding tert-OH is 1. The first-order valence-corrected chi connectivity index (χ1v) is 6.41. The Balaban J connectivity index is 2.15. The highest BCUT2D eigenvalue weighted by molar-refractivity contribution is 5.60. The molecule has 0 aliphatic heterocycles. The molecular formula is C14H21NO3. The van der Waals surface area contributed by atoms with E-state index in [1.807, 2.05) is 18.2 Å². The molecule has 1 fully saturated rings. The third kappa shape index (κ3) is 2.88. The number of aliphatic hydroxyl groups is 1. The monoisotopic (exact) mass is 251 g/mol. The quantitative estimate of drug-likeness (QED) is 0.863. The number of hydrogen-bond acceptors (Lipinski definition) is 4. The van der Waals surface area contributed by atoms with Crippen molar-refractivity contribution in [2.24, 2.45) is 0 Å². The smallest absolute Gasteiger partial charge is 0.142 e. The molecule has 0 saturated heterocycles. The number of nitrogens with one attached hydrogen (secondary N) is 1. The van der Waals surface area contributed by atoms with Crippen LogP contribution >= 0.6 is 0 Å². The lowest BCUT2D eigenvalue weighted by atomic mass is 9.92. The largest absolute Gasteiger partial charge is 0.497 e. The minimum absolute atomic E-state index is 0.0970. The molecule has 0 spiro atoms. The Morgan fingerprint density at radius 1 is 1.17 bits per heavy atom. The zero-order chi connectivity index (χ0) is 13.0. The minimum atomic E-state index is -0.283. The summed E-state index contributed by atoms with van der Waals surface area (Å²) in [6.07, 6.45) is 3.83. The van der Waals surface area contributed by atoms with Crippen LogP contribution in [0.2, 0.25) is 0 Å². The second-order valence-corrected chi connectivity index (χ2v) is 4.67. The maximum atomic E-state index is 9.99. The average molecular weight is 251 g/mol. The molecule has 100 valence electrons. The summed E-state index contributed by atoms with van der Waals surface area (Å²) in [6.45, 7) is 0. The molecule has 2 rings (SSSR count). The van der Waals surface area contributed by atoms with E-state index in [2.05, 4.69) is 5.32 Å². The lowest BCUT2D eigenvalue weighted by Gasteiger charge is -2.29. The van der Waals surface area contributed by atoms with Crippen molar-refractivity contribution >= 4 is 5.69 Å². The third-order valence-electron chi connectivity index (χ3n) is 3.48. The first-order valence-electron chi connectivity index (χ1n) is 6.41. The highest BCUT2D eigenvalue weighted by atomic mass is 16.5. The standard InChI is InChI=1S/C14H21NO3/c1-17-10-7-8-14(18-2)12(9-10)15-11-5-3-4-6-13(11)16/h7-9,11,13,15-16H,3-6H2,1-2H3/t11-,13-/m1/s1. The van der Waals surface area contributed by atoms with Gasteiger partial charge in [-0.05, 0) is 25.0 Å². The van der Waals surface area contributed by atoms with E-state index in [4.69, 9.17) is 9.47 Å². The van der Waals surface area contributed by atoms with Crippen LogP contribution < -0.4 is 14.8 Å². The summed E-state index contributed by atoms with van der Waals surface area (Å²) in [6, 6.07) is 5.73. The topological polar surface area (TPSA) is 50.7 Å². The molecule has 0 bridgehead atoms. The molecule has 4 nitrogen and oxygen atoms in total. The molecule has 0 unspecified atom stereocenters. The summed E-state index contributed by atoms with van der Waals surface area (Å²) in [5.41, 5.74) is 0.878. The zero-order valence-electron chi connectivity index (χ0n) is 11.0. The van der Waals surface area contributed by atoms with E-state index < -0.39 is 0 Å². The number of ether oxygens (including phenoxy) is 2. The molecule has 0 amide bonds. The van der Waals surface area contributed by atoms with Gasteiger partial charge in [0.15, 0.2) is 0 Å². The summed E-state index contributed by atoms with van der Waals surface area (Å²) in [5.74, 6) is 1.55. The van der Waals surface area contributed by atoms with Gasteiger partial charge >= 0.3 is 0 Å². The molecule has 2 N–H and O–H groups in total. The molecule has 1 aliphatic rings. The van der Waals surface area contributed by atoms with Crippen molar-refractivity contribution in [3.8, 4) is 11.5 Å². The van der Waals surface area contributed by atoms with Crippen LogP contribution in [0.15, 0.2) is 18.2 Å². The highest BCUT2D eigenvalue weighted by Crippen LogP contribution is 2.31. The van der Waals surface area contributed by atoms with E-state index in [0.717, 1.165) is 42.9 Å². The number of methoxy groups -OCH3 is 2. The Morgan fingerprint density at radius 2 is 1.94 bits per heavy atom. The number of benzene rings is 1. The van der Waals surface area contributed by atoms with E-state index in [1.165, 1.54) is 0 Å². The highest BCUT2D eigenvalue weighted by Gasteiger charge is 2.23. The normalized spacial score (nSPS) is 23.5. The fourth-order valence-electron chi connectivity index (χ4n) is 2.41. The molecule has 0 aromatic heterocycles. The molecule has 4 heteroatoms. The van der Waals surface area contributed by atoms with Crippen molar-refractivity contribution in [1.82, 2.24) is 0 Å². The van der Waals surface area contributed by atoms with Crippen LogP contribution in [-0.2, 0) is 0 Å². The van der Waals surface area contributed by atoms with Crippen molar-refractivity contribution in [2.45, 2.75) is 37.8 Å². The van der Waals surface area contributed by atoms with Crippen LogP contribution in [0.25, 0.3) is 0 Å². The Morgan fingerprint density at radius 3 is 2.61 bits per heavy atom. The van der Waals surface area contributed by atoms with Crippen molar-refractivity contribution in [3.05, 3.63) is 18.2 Å². The minimum Gasteiger partial charge on any atom is -0.497 e. The Bertz CT molecular complexity index is 395. The van der Waals surface area contributed by atoms with Gasteiger partial charge in [0.25, 0.3) is 0 Å². The van der Waals surface area contributed by atoms with Gasteiger partial charge in [0.05, 0.1) is 32.1 Å². The second-order valence-electron chi connectivity index (χ2n) is 4.67. The Labute approximate surface area is 108 Å². The summed E-state index contributed by atoms with van der Waals surface area (Å²) < 4.78 is 10.5. The Kier molecular flexibility index (Phi) is 4.31. The maximum Gasteiger partial charge on any atom is 0.142 e. The summed E-state index contributed by atoms with van der Waals surface area (Å²) in [4.78, 5) is 0. The first-order chi connectivity index (χ1) is 8.74. The van der Waals surface area contributed by atoms with Crippen LogP contribution in [0.4, 0.5) is 5.69 Å². The second kappa shape index (κ2) is 5.96. The predicted octanol–water partition coefficient (Wildman–Crippen LogP) is 2.42. The SMILES string of the molecule is COc1ccc(OC)c(N[C@@H]2CCCC[C@H]2O)c1. The Hall–Kier alpha value is -1.42. The molecule has 1 aliphatic carbocycles. The molecule has 0 heterocycles.